The topological polar surface area (TPSA) is 39.2 Å². The van der Waals surface area contributed by atoms with E-state index in [0.717, 1.165) is 47.5 Å². The number of hydrogen-bond acceptors (Lipinski definition) is 4. The van der Waals surface area contributed by atoms with Gasteiger partial charge in [0.05, 0.1) is 11.1 Å². The Bertz CT molecular complexity index is 909. The molecule has 0 unspecified atom stereocenters. The first-order chi connectivity index (χ1) is 13.2. The van der Waals surface area contributed by atoms with Crippen molar-refractivity contribution in [3.63, 3.8) is 0 Å². The Hall–Kier alpha value is -2.46. The molecule has 1 aliphatic rings. The van der Waals surface area contributed by atoms with Gasteiger partial charge in [-0.05, 0) is 25.3 Å². The van der Waals surface area contributed by atoms with Crippen molar-refractivity contribution in [2.45, 2.75) is 44.6 Å². The average molecular weight is 378 g/mol. The number of aryl methyl sites for hydroxylation is 1. The molecule has 0 radical (unpaired) electrons. The Morgan fingerprint density at radius 1 is 1.07 bits per heavy atom. The zero-order valence-corrected chi connectivity index (χ0v) is 16.3. The van der Waals surface area contributed by atoms with Crippen LogP contribution >= 0.6 is 11.3 Å². The van der Waals surface area contributed by atoms with E-state index in [1.807, 2.05) is 35.7 Å². The van der Waals surface area contributed by atoms with Crippen molar-refractivity contribution >= 4 is 17.3 Å². The molecule has 0 spiro atoms. The van der Waals surface area contributed by atoms with Crippen LogP contribution in [-0.2, 0) is 21.6 Å². The van der Waals surface area contributed by atoms with Crippen LogP contribution in [0, 0.1) is 6.92 Å². The highest BCUT2D eigenvalue weighted by molar-refractivity contribution is 7.13. The largest absolute Gasteiger partial charge is 0.458 e. The molecule has 1 aromatic heterocycles. The third-order valence-electron chi connectivity index (χ3n) is 5.38. The molecule has 0 aliphatic heterocycles. The maximum absolute atomic E-state index is 13.0. The minimum absolute atomic E-state index is 0.115. The monoisotopic (exact) mass is 377 g/mol. The van der Waals surface area contributed by atoms with E-state index in [2.05, 4.69) is 36.2 Å². The van der Waals surface area contributed by atoms with Crippen molar-refractivity contribution in [2.75, 3.05) is 0 Å². The minimum atomic E-state index is -0.489. The summed E-state index contributed by atoms with van der Waals surface area (Å²) in [5.74, 6) is -0.115. The van der Waals surface area contributed by atoms with Gasteiger partial charge in [0, 0.05) is 10.9 Å². The number of hydrogen-bond donors (Lipinski definition) is 0. The molecule has 1 fully saturated rings. The molecule has 0 saturated heterocycles. The van der Waals surface area contributed by atoms with Gasteiger partial charge in [0.15, 0.2) is 0 Å². The number of rotatable bonds is 5. The van der Waals surface area contributed by atoms with Gasteiger partial charge in [-0.3, -0.25) is 4.79 Å². The Balaban J connectivity index is 1.47. The molecule has 0 amide bonds. The Kier molecular flexibility index (Phi) is 5.08. The first kappa shape index (κ1) is 17.9. The van der Waals surface area contributed by atoms with Gasteiger partial charge in [-0.25, -0.2) is 4.98 Å². The summed E-state index contributed by atoms with van der Waals surface area (Å²) in [6.07, 6.45) is 3.86. The number of esters is 1. The van der Waals surface area contributed by atoms with E-state index in [4.69, 9.17) is 4.74 Å². The van der Waals surface area contributed by atoms with Gasteiger partial charge in [0.25, 0.3) is 0 Å². The molecule has 27 heavy (non-hydrogen) atoms. The van der Waals surface area contributed by atoms with Crippen LogP contribution in [0.5, 0.6) is 0 Å². The quantitative estimate of drug-likeness (QED) is 0.538. The molecular weight excluding hydrogens is 354 g/mol. The van der Waals surface area contributed by atoms with Gasteiger partial charge < -0.3 is 4.74 Å². The highest BCUT2D eigenvalue weighted by Crippen LogP contribution is 2.42. The number of nitrogens with zero attached hydrogens (tertiary/aromatic N) is 1. The standard InChI is InChI=1S/C23H23NO2S/c1-17-9-11-18(12-10-17)21-24-20(16-27-21)15-26-22(25)23(13-5-6-14-23)19-7-3-2-4-8-19/h2-4,7-12,16H,5-6,13-15H2,1H3. The second-order valence-corrected chi connectivity index (χ2v) is 8.10. The van der Waals surface area contributed by atoms with Crippen LogP contribution in [0.3, 0.4) is 0 Å². The summed E-state index contributed by atoms with van der Waals surface area (Å²) in [5.41, 5.74) is 3.72. The van der Waals surface area contributed by atoms with Gasteiger partial charge >= 0.3 is 5.97 Å². The summed E-state index contributed by atoms with van der Waals surface area (Å²) < 4.78 is 5.74. The van der Waals surface area contributed by atoms with Crippen LogP contribution < -0.4 is 0 Å². The van der Waals surface area contributed by atoms with Gasteiger partial charge in [-0.2, -0.15) is 0 Å². The van der Waals surface area contributed by atoms with Crippen LogP contribution in [0.25, 0.3) is 10.6 Å². The fraction of sp³-hybridized carbons (Fsp3) is 0.304. The average Bonchev–Trinajstić information content (AvgIpc) is 3.38. The zero-order chi connectivity index (χ0) is 18.7. The number of carbonyl (C=O) groups is 1. The fourth-order valence-electron chi connectivity index (χ4n) is 3.83. The van der Waals surface area contributed by atoms with Crippen LogP contribution in [0.4, 0.5) is 0 Å². The Morgan fingerprint density at radius 3 is 2.48 bits per heavy atom. The van der Waals surface area contributed by atoms with E-state index in [9.17, 15) is 4.79 Å². The summed E-state index contributed by atoms with van der Waals surface area (Å²) in [6, 6.07) is 18.4. The van der Waals surface area contributed by atoms with E-state index in [0.29, 0.717) is 0 Å². The van der Waals surface area contributed by atoms with E-state index in [1.54, 1.807) is 11.3 Å². The van der Waals surface area contributed by atoms with Crippen LogP contribution in [0.1, 0.15) is 42.5 Å². The number of ether oxygens (including phenoxy) is 1. The number of carbonyl (C=O) groups excluding carboxylic acids is 1. The second kappa shape index (κ2) is 7.65. The predicted molar refractivity (Wildman–Crippen MR) is 109 cm³/mol. The highest BCUT2D eigenvalue weighted by atomic mass is 32.1. The SMILES string of the molecule is Cc1ccc(-c2nc(COC(=O)C3(c4ccccc4)CCCC3)cs2)cc1. The molecule has 4 heteroatoms. The van der Waals surface area contributed by atoms with Crippen LogP contribution in [-0.4, -0.2) is 11.0 Å². The van der Waals surface area contributed by atoms with Crippen molar-refractivity contribution in [3.05, 3.63) is 76.8 Å². The molecule has 1 aliphatic carbocycles. The highest BCUT2D eigenvalue weighted by Gasteiger charge is 2.44. The molecular formula is C23H23NO2S. The molecule has 138 valence electrons. The number of thiazole rings is 1. The third-order valence-corrected chi connectivity index (χ3v) is 6.32. The molecule has 0 bridgehead atoms. The first-order valence-electron chi connectivity index (χ1n) is 9.42. The fourth-order valence-corrected chi connectivity index (χ4v) is 4.64. The molecule has 3 aromatic rings. The molecule has 4 rings (SSSR count). The Morgan fingerprint density at radius 2 is 1.78 bits per heavy atom. The van der Waals surface area contributed by atoms with E-state index >= 15 is 0 Å². The summed E-state index contributed by atoms with van der Waals surface area (Å²) in [7, 11) is 0. The van der Waals surface area contributed by atoms with E-state index in [-0.39, 0.29) is 12.6 Å². The summed E-state index contributed by atoms with van der Waals surface area (Å²) in [5, 5.41) is 2.94. The number of benzene rings is 2. The van der Waals surface area contributed by atoms with Crippen LogP contribution in [0.2, 0.25) is 0 Å². The summed E-state index contributed by atoms with van der Waals surface area (Å²) in [6.45, 7) is 2.30. The molecule has 3 nitrogen and oxygen atoms in total. The van der Waals surface area contributed by atoms with E-state index < -0.39 is 5.41 Å². The molecule has 0 atom stereocenters. The number of aromatic nitrogens is 1. The normalized spacial score (nSPS) is 15.6. The maximum atomic E-state index is 13.0. The van der Waals surface area contributed by atoms with Gasteiger partial charge in [-0.1, -0.05) is 73.0 Å². The van der Waals surface area contributed by atoms with Crippen LogP contribution in [0.15, 0.2) is 60.0 Å². The summed E-state index contributed by atoms with van der Waals surface area (Å²) in [4.78, 5) is 17.7. The lowest BCUT2D eigenvalue weighted by atomic mass is 9.79. The Labute approximate surface area is 164 Å². The lowest BCUT2D eigenvalue weighted by molar-refractivity contribution is -0.152. The maximum Gasteiger partial charge on any atom is 0.316 e. The van der Waals surface area contributed by atoms with Gasteiger partial charge in [-0.15, -0.1) is 11.3 Å². The lowest BCUT2D eigenvalue weighted by Crippen LogP contribution is -2.34. The van der Waals surface area contributed by atoms with E-state index in [1.165, 1.54) is 5.56 Å². The van der Waals surface area contributed by atoms with Gasteiger partial charge in [0.1, 0.15) is 11.6 Å². The predicted octanol–water partition coefficient (Wildman–Crippen LogP) is 5.67. The lowest BCUT2D eigenvalue weighted by Gasteiger charge is -2.27. The third kappa shape index (κ3) is 3.67. The molecule has 0 N–H and O–H groups in total. The minimum Gasteiger partial charge on any atom is -0.458 e. The molecule has 1 heterocycles. The second-order valence-electron chi connectivity index (χ2n) is 7.24. The van der Waals surface area contributed by atoms with Crippen molar-refractivity contribution < 1.29 is 9.53 Å². The van der Waals surface area contributed by atoms with Crippen molar-refractivity contribution in [1.82, 2.24) is 4.98 Å². The zero-order valence-electron chi connectivity index (χ0n) is 15.5. The summed E-state index contributed by atoms with van der Waals surface area (Å²) >= 11 is 1.59. The van der Waals surface area contributed by atoms with Crippen molar-refractivity contribution in [1.29, 1.82) is 0 Å². The van der Waals surface area contributed by atoms with Crippen molar-refractivity contribution in [3.8, 4) is 10.6 Å². The van der Waals surface area contributed by atoms with Crippen molar-refractivity contribution in [2.24, 2.45) is 0 Å². The first-order valence-corrected chi connectivity index (χ1v) is 10.3. The smallest absolute Gasteiger partial charge is 0.316 e. The molecule has 1 saturated carbocycles. The molecule has 2 aromatic carbocycles. The van der Waals surface area contributed by atoms with Gasteiger partial charge in [0.2, 0.25) is 0 Å².